The number of carbonyl (C=O) groups is 1. The largest absolute Gasteiger partial charge is 0.459 e. The van der Waals surface area contributed by atoms with Crippen LogP contribution in [0.3, 0.4) is 0 Å². The van der Waals surface area contributed by atoms with E-state index >= 15 is 0 Å². The van der Waals surface area contributed by atoms with Gasteiger partial charge in [0.15, 0.2) is 11.5 Å². The number of aliphatic imine (C=N–C) groups is 1. The van der Waals surface area contributed by atoms with Crippen LogP contribution in [0.5, 0.6) is 0 Å². The number of nitrogens with zero attached hydrogens (tertiary/aromatic N) is 1. The summed E-state index contributed by atoms with van der Waals surface area (Å²) in [5, 5.41) is 3.87. The van der Waals surface area contributed by atoms with E-state index < -0.39 is 5.97 Å². The SMILES string of the molecule is O=C1OC(c2ccco2)=N/C1=C/c1ccsc1. The van der Waals surface area contributed by atoms with Gasteiger partial charge in [-0.05, 0) is 40.6 Å². The summed E-state index contributed by atoms with van der Waals surface area (Å²) < 4.78 is 10.1. The smallest absolute Gasteiger partial charge is 0.363 e. The van der Waals surface area contributed by atoms with E-state index in [0.717, 1.165) is 5.56 Å². The van der Waals surface area contributed by atoms with E-state index in [1.807, 2.05) is 16.8 Å². The summed E-state index contributed by atoms with van der Waals surface area (Å²) in [5.74, 6) is 0.205. The Bertz CT molecular complexity index is 594. The first kappa shape index (κ1) is 10.0. The van der Waals surface area contributed by atoms with Crippen molar-refractivity contribution in [2.75, 3.05) is 0 Å². The summed E-state index contributed by atoms with van der Waals surface area (Å²) in [4.78, 5) is 15.7. The summed E-state index contributed by atoms with van der Waals surface area (Å²) in [6, 6.07) is 5.32. The Balaban J connectivity index is 1.95. The third-order valence-corrected chi connectivity index (χ3v) is 2.90. The fourth-order valence-electron chi connectivity index (χ4n) is 1.43. The van der Waals surface area contributed by atoms with Gasteiger partial charge in [0.1, 0.15) is 0 Å². The minimum atomic E-state index is -0.456. The van der Waals surface area contributed by atoms with E-state index in [9.17, 15) is 4.79 Å². The van der Waals surface area contributed by atoms with Gasteiger partial charge in [0, 0.05) is 0 Å². The van der Waals surface area contributed by atoms with Crippen molar-refractivity contribution >= 4 is 29.3 Å². The zero-order valence-corrected chi connectivity index (χ0v) is 9.44. The van der Waals surface area contributed by atoms with Crippen molar-refractivity contribution < 1.29 is 13.9 Å². The number of ether oxygens (including phenoxy) is 1. The molecule has 4 nitrogen and oxygen atoms in total. The third-order valence-electron chi connectivity index (χ3n) is 2.20. The van der Waals surface area contributed by atoms with Crippen molar-refractivity contribution in [3.63, 3.8) is 0 Å². The predicted molar refractivity (Wildman–Crippen MR) is 63.6 cm³/mol. The van der Waals surface area contributed by atoms with E-state index in [2.05, 4.69) is 4.99 Å². The topological polar surface area (TPSA) is 51.8 Å². The van der Waals surface area contributed by atoms with Gasteiger partial charge in [0.25, 0.3) is 5.90 Å². The molecule has 2 aromatic rings. The first-order chi connectivity index (χ1) is 8.33. The third kappa shape index (κ3) is 1.92. The highest BCUT2D eigenvalue weighted by atomic mass is 32.1. The summed E-state index contributed by atoms with van der Waals surface area (Å²) in [6.45, 7) is 0. The minimum absolute atomic E-state index is 0.210. The van der Waals surface area contributed by atoms with Crippen molar-refractivity contribution in [3.05, 3.63) is 52.2 Å². The van der Waals surface area contributed by atoms with Gasteiger partial charge in [-0.25, -0.2) is 9.79 Å². The molecule has 17 heavy (non-hydrogen) atoms. The fourth-order valence-corrected chi connectivity index (χ4v) is 2.05. The van der Waals surface area contributed by atoms with E-state index in [0.29, 0.717) is 5.76 Å². The van der Waals surface area contributed by atoms with Crippen LogP contribution in [0, 0.1) is 0 Å². The number of esters is 1. The van der Waals surface area contributed by atoms with E-state index in [1.54, 1.807) is 29.5 Å². The number of hydrogen-bond donors (Lipinski definition) is 0. The van der Waals surface area contributed by atoms with E-state index in [4.69, 9.17) is 9.15 Å². The molecule has 0 bridgehead atoms. The van der Waals surface area contributed by atoms with Crippen LogP contribution in [0.25, 0.3) is 6.08 Å². The van der Waals surface area contributed by atoms with Crippen LogP contribution in [0.2, 0.25) is 0 Å². The van der Waals surface area contributed by atoms with Gasteiger partial charge in [-0.2, -0.15) is 11.3 Å². The molecule has 0 unspecified atom stereocenters. The lowest BCUT2D eigenvalue weighted by Crippen LogP contribution is -2.04. The minimum Gasteiger partial charge on any atom is -0.459 e. The molecule has 5 heteroatoms. The Hall–Kier alpha value is -2.14. The first-order valence-electron chi connectivity index (χ1n) is 4.91. The molecular weight excluding hydrogens is 238 g/mol. The molecular formula is C12H7NO3S. The average molecular weight is 245 g/mol. The fraction of sp³-hybridized carbons (Fsp3) is 0. The summed E-state index contributed by atoms with van der Waals surface area (Å²) in [6.07, 6.45) is 3.20. The Morgan fingerprint density at radius 1 is 1.35 bits per heavy atom. The Kier molecular flexibility index (Phi) is 2.38. The lowest BCUT2D eigenvalue weighted by atomic mass is 10.3. The molecule has 0 saturated carbocycles. The quantitative estimate of drug-likeness (QED) is 0.603. The standard InChI is InChI=1S/C12H7NO3S/c14-12-9(6-8-3-5-17-7-8)13-11(16-12)10-2-1-4-15-10/h1-7H/b9-6+. The maximum Gasteiger partial charge on any atom is 0.363 e. The second-order valence-corrected chi connectivity index (χ2v) is 4.15. The van der Waals surface area contributed by atoms with E-state index in [1.165, 1.54) is 6.26 Å². The van der Waals surface area contributed by atoms with Crippen molar-refractivity contribution in [1.29, 1.82) is 0 Å². The van der Waals surface area contributed by atoms with Crippen molar-refractivity contribution in [2.24, 2.45) is 4.99 Å². The second-order valence-electron chi connectivity index (χ2n) is 3.37. The maximum atomic E-state index is 11.6. The zero-order chi connectivity index (χ0) is 11.7. The number of cyclic esters (lactones) is 1. The molecule has 0 fully saturated rings. The number of thiophene rings is 1. The van der Waals surface area contributed by atoms with E-state index in [-0.39, 0.29) is 11.6 Å². The van der Waals surface area contributed by atoms with Crippen molar-refractivity contribution in [1.82, 2.24) is 0 Å². The summed E-state index contributed by atoms with van der Waals surface area (Å²) >= 11 is 1.56. The van der Waals surface area contributed by atoms with Crippen LogP contribution in [-0.2, 0) is 9.53 Å². The van der Waals surface area contributed by atoms with Crippen LogP contribution < -0.4 is 0 Å². The van der Waals surface area contributed by atoms with Crippen LogP contribution in [-0.4, -0.2) is 11.9 Å². The van der Waals surface area contributed by atoms with Gasteiger partial charge in [-0.1, -0.05) is 0 Å². The monoisotopic (exact) mass is 245 g/mol. The number of hydrogen-bond acceptors (Lipinski definition) is 5. The first-order valence-corrected chi connectivity index (χ1v) is 5.86. The maximum absolute atomic E-state index is 11.6. The average Bonchev–Trinajstić information content (AvgIpc) is 3.02. The van der Waals surface area contributed by atoms with Gasteiger partial charge in [-0.3, -0.25) is 0 Å². The second kappa shape index (κ2) is 4.03. The molecule has 0 aliphatic carbocycles. The lowest BCUT2D eigenvalue weighted by molar-refractivity contribution is -0.130. The molecule has 0 spiro atoms. The highest BCUT2D eigenvalue weighted by Crippen LogP contribution is 2.20. The summed E-state index contributed by atoms with van der Waals surface area (Å²) in [5.41, 5.74) is 1.22. The van der Waals surface area contributed by atoms with Gasteiger partial charge in [0.05, 0.1) is 6.26 Å². The number of rotatable bonds is 2. The molecule has 0 amide bonds. The van der Waals surface area contributed by atoms with Crippen molar-refractivity contribution in [2.45, 2.75) is 0 Å². The Morgan fingerprint density at radius 3 is 3.00 bits per heavy atom. The Morgan fingerprint density at radius 2 is 2.29 bits per heavy atom. The molecule has 0 N–H and O–H groups in total. The summed E-state index contributed by atoms with van der Waals surface area (Å²) in [7, 11) is 0. The number of carbonyl (C=O) groups excluding carboxylic acids is 1. The predicted octanol–water partition coefficient (Wildman–Crippen LogP) is 2.69. The molecule has 0 atom stereocenters. The molecule has 84 valence electrons. The molecule has 3 rings (SSSR count). The van der Waals surface area contributed by atoms with Gasteiger partial charge >= 0.3 is 5.97 Å². The van der Waals surface area contributed by atoms with Gasteiger partial charge in [0.2, 0.25) is 0 Å². The molecule has 1 aliphatic rings. The molecule has 0 aromatic carbocycles. The van der Waals surface area contributed by atoms with Gasteiger partial charge < -0.3 is 9.15 Å². The molecule has 0 radical (unpaired) electrons. The number of furan rings is 1. The lowest BCUT2D eigenvalue weighted by Gasteiger charge is -1.91. The molecule has 1 aliphatic heterocycles. The molecule has 0 saturated heterocycles. The van der Waals surface area contributed by atoms with Gasteiger partial charge in [-0.15, -0.1) is 0 Å². The highest BCUT2D eigenvalue weighted by Gasteiger charge is 2.25. The highest BCUT2D eigenvalue weighted by molar-refractivity contribution is 7.08. The van der Waals surface area contributed by atoms with Crippen LogP contribution in [0.1, 0.15) is 11.3 Å². The molecule has 3 heterocycles. The van der Waals surface area contributed by atoms with Crippen LogP contribution in [0.15, 0.2) is 50.3 Å². The normalized spacial score (nSPS) is 17.3. The van der Waals surface area contributed by atoms with Crippen molar-refractivity contribution in [3.8, 4) is 0 Å². The van der Waals surface area contributed by atoms with Crippen LogP contribution in [0.4, 0.5) is 0 Å². The Labute approximate surface area is 101 Å². The molecule has 2 aromatic heterocycles. The van der Waals surface area contributed by atoms with Crippen LogP contribution >= 0.6 is 11.3 Å². The zero-order valence-electron chi connectivity index (χ0n) is 8.62.